The zero-order chi connectivity index (χ0) is 15.9. The molecule has 0 aliphatic carbocycles. The van der Waals surface area contributed by atoms with Crippen molar-refractivity contribution in [1.29, 1.82) is 0 Å². The van der Waals surface area contributed by atoms with Crippen LogP contribution in [0.1, 0.15) is 42.5 Å². The van der Waals surface area contributed by atoms with Gasteiger partial charge in [-0.3, -0.25) is 9.80 Å². The highest BCUT2D eigenvalue weighted by Crippen LogP contribution is 2.25. The minimum absolute atomic E-state index is 0.505. The van der Waals surface area contributed by atoms with Gasteiger partial charge in [0.15, 0.2) is 0 Å². The Morgan fingerprint density at radius 3 is 2.59 bits per heavy atom. The molecule has 1 aliphatic heterocycles. The van der Waals surface area contributed by atoms with Gasteiger partial charge in [0.2, 0.25) is 0 Å². The molecule has 1 fully saturated rings. The number of aryl methyl sites for hydroxylation is 2. The molecule has 0 aromatic heterocycles. The Morgan fingerprint density at radius 2 is 1.95 bits per heavy atom. The first-order valence-electron chi connectivity index (χ1n) is 8.82. The predicted molar refractivity (Wildman–Crippen MR) is 95.5 cm³/mol. The van der Waals surface area contributed by atoms with E-state index in [1.54, 1.807) is 0 Å². The zero-order valence-electron chi connectivity index (χ0n) is 14.9. The summed E-state index contributed by atoms with van der Waals surface area (Å²) in [4.78, 5) is 5.17. The van der Waals surface area contributed by atoms with Crippen LogP contribution >= 0.6 is 0 Å². The molecule has 0 amide bonds. The topological polar surface area (TPSA) is 18.5 Å². The molecular formula is C19H33N3. The van der Waals surface area contributed by atoms with E-state index >= 15 is 0 Å². The molecule has 0 radical (unpaired) electrons. The largest absolute Gasteiger partial charge is 0.314 e. The highest BCUT2D eigenvalue weighted by atomic mass is 15.2. The van der Waals surface area contributed by atoms with Crippen molar-refractivity contribution in [3.05, 3.63) is 34.9 Å². The summed E-state index contributed by atoms with van der Waals surface area (Å²) in [5.41, 5.74) is 4.30. The van der Waals surface area contributed by atoms with E-state index in [0.717, 1.165) is 19.6 Å². The van der Waals surface area contributed by atoms with E-state index in [1.165, 1.54) is 49.2 Å². The second-order valence-corrected chi connectivity index (χ2v) is 6.76. The zero-order valence-corrected chi connectivity index (χ0v) is 14.9. The lowest BCUT2D eigenvalue weighted by atomic mass is 9.97. The van der Waals surface area contributed by atoms with Crippen molar-refractivity contribution in [1.82, 2.24) is 15.1 Å². The van der Waals surface area contributed by atoms with Crippen molar-refractivity contribution in [2.45, 2.75) is 39.7 Å². The van der Waals surface area contributed by atoms with Crippen LogP contribution in [0.3, 0.4) is 0 Å². The fourth-order valence-electron chi connectivity index (χ4n) is 3.38. The summed E-state index contributed by atoms with van der Waals surface area (Å²) in [6.07, 6.45) is 2.54. The number of piperazine rings is 1. The van der Waals surface area contributed by atoms with Crippen molar-refractivity contribution < 1.29 is 0 Å². The fourth-order valence-corrected chi connectivity index (χ4v) is 3.38. The van der Waals surface area contributed by atoms with Crippen LogP contribution in [-0.2, 0) is 0 Å². The van der Waals surface area contributed by atoms with Gasteiger partial charge in [0.1, 0.15) is 0 Å². The molecule has 3 nitrogen and oxygen atoms in total. The number of hydrogen-bond donors (Lipinski definition) is 1. The molecule has 0 bridgehead atoms. The minimum Gasteiger partial charge on any atom is -0.314 e. The summed E-state index contributed by atoms with van der Waals surface area (Å²) in [7, 11) is 2.29. The first-order chi connectivity index (χ1) is 10.6. The smallest absolute Gasteiger partial charge is 0.0474 e. The molecule has 1 saturated heterocycles. The molecule has 22 heavy (non-hydrogen) atoms. The van der Waals surface area contributed by atoms with E-state index in [0.29, 0.717) is 6.04 Å². The Morgan fingerprint density at radius 1 is 1.23 bits per heavy atom. The molecule has 3 heteroatoms. The van der Waals surface area contributed by atoms with Crippen LogP contribution in [0.2, 0.25) is 0 Å². The molecular weight excluding hydrogens is 270 g/mol. The molecule has 0 saturated carbocycles. The number of nitrogens with zero attached hydrogens (tertiary/aromatic N) is 2. The molecule has 1 atom stereocenters. The molecule has 1 N–H and O–H groups in total. The number of likely N-dealkylation sites (N-methyl/N-ethyl adjacent to an activating group) is 1. The SMILES string of the molecule is CCCCN(C)C(CN1CCNCC1)c1ccc(C)cc1C. The number of unbranched alkanes of at least 4 members (excludes halogenated alkanes) is 1. The van der Waals surface area contributed by atoms with Gasteiger partial charge in [-0.25, -0.2) is 0 Å². The van der Waals surface area contributed by atoms with E-state index in [9.17, 15) is 0 Å². The Kier molecular flexibility index (Phi) is 6.87. The average molecular weight is 303 g/mol. The third-order valence-corrected chi connectivity index (χ3v) is 4.82. The van der Waals surface area contributed by atoms with Crippen molar-refractivity contribution in [3.8, 4) is 0 Å². The van der Waals surface area contributed by atoms with Gasteiger partial charge in [0.05, 0.1) is 0 Å². The molecule has 1 aliphatic rings. The maximum absolute atomic E-state index is 3.45. The van der Waals surface area contributed by atoms with Gasteiger partial charge in [-0.15, -0.1) is 0 Å². The molecule has 124 valence electrons. The molecule has 1 aromatic carbocycles. The summed E-state index contributed by atoms with van der Waals surface area (Å²) in [5, 5.41) is 3.45. The summed E-state index contributed by atoms with van der Waals surface area (Å²) in [6.45, 7) is 13.6. The maximum atomic E-state index is 3.45. The quantitative estimate of drug-likeness (QED) is 0.835. The van der Waals surface area contributed by atoms with Crippen LogP contribution in [0, 0.1) is 13.8 Å². The molecule has 1 heterocycles. The van der Waals surface area contributed by atoms with Crippen LogP contribution < -0.4 is 5.32 Å². The highest BCUT2D eigenvalue weighted by Gasteiger charge is 2.22. The van der Waals surface area contributed by atoms with Crippen molar-refractivity contribution in [2.75, 3.05) is 46.3 Å². The van der Waals surface area contributed by atoms with Gasteiger partial charge >= 0.3 is 0 Å². The lowest BCUT2D eigenvalue weighted by Gasteiger charge is -2.36. The van der Waals surface area contributed by atoms with E-state index in [2.05, 4.69) is 61.1 Å². The standard InChI is InChI=1S/C19H33N3/c1-5-6-11-21(4)19(15-22-12-9-20-10-13-22)18-8-7-16(2)14-17(18)3/h7-8,14,19-20H,5-6,9-13,15H2,1-4H3. The normalized spacial score (nSPS) is 17.9. The lowest BCUT2D eigenvalue weighted by Crippen LogP contribution is -2.47. The van der Waals surface area contributed by atoms with Gasteiger partial charge in [-0.05, 0) is 45.0 Å². The predicted octanol–water partition coefficient (Wildman–Crippen LogP) is 2.98. The van der Waals surface area contributed by atoms with E-state index in [1.807, 2.05) is 0 Å². The van der Waals surface area contributed by atoms with Crippen LogP contribution in [0.15, 0.2) is 18.2 Å². The van der Waals surface area contributed by atoms with Gasteiger partial charge in [0.25, 0.3) is 0 Å². The minimum atomic E-state index is 0.505. The van der Waals surface area contributed by atoms with Crippen LogP contribution in [-0.4, -0.2) is 56.1 Å². The summed E-state index contributed by atoms with van der Waals surface area (Å²) < 4.78 is 0. The van der Waals surface area contributed by atoms with Crippen LogP contribution in [0.25, 0.3) is 0 Å². The van der Waals surface area contributed by atoms with Gasteiger partial charge < -0.3 is 5.32 Å². The summed E-state index contributed by atoms with van der Waals surface area (Å²) in [6, 6.07) is 7.44. The Labute approximate surface area is 136 Å². The monoisotopic (exact) mass is 303 g/mol. The third-order valence-electron chi connectivity index (χ3n) is 4.82. The Hall–Kier alpha value is -0.900. The average Bonchev–Trinajstić information content (AvgIpc) is 2.52. The number of hydrogen-bond acceptors (Lipinski definition) is 3. The van der Waals surface area contributed by atoms with E-state index < -0.39 is 0 Å². The fraction of sp³-hybridized carbons (Fsp3) is 0.684. The molecule has 0 spiro atoms. The van der Waals surface area contributed by atoms with Gasteiger partial charge in [-0.1, -0.05) is 37.1 Å². The van der Waals surface area contributed by atoms with E-state index in [4.69, 9.17) is 0 Å². The second-order valence-electron chi connectivity index (χ2n) is 6.76. The maximum Gasteiger partial charge on any atom is 0.0474 e. The highest BCUT2D eigenvalue weighted by molar-refractivity contribution is 5.33. The van der Waals surface area contributed by atoms with Gasteiger partial charge in [0, 0.05) is 38.8 Å². The molecule has 1 unspecified atom stereocenters. The van der Waals surface area contributed by atoms with Crippen molar-refractivity contribution in [2.24, 2.45) is 0 Å². The summed E-state index contributed by atoms with van der Waals surface area (Å²) in [5.74, 6) is 0. The first-order valence-corrected chi connectivity index (χ1v) is 8.82. The Balaban J connectivity index is 2.15. The third kappa shape index (κ3) is 4.80. The number of nitrogens with one attached hydrogen (secondary N) is 1. The lowest BCUT2D eigenvalue weighted by molar-refractivity contribution is 0.149. The Bertz CT molecular complexity index is 452. The summed E-state index contributed by atoms with van der Waals surface area (Å²) >= 11 is 0. The van der Waals surface area contributed by atoms with Crippen molar-refractivity contribution in [3.63, 3.8) is 0 Å². The first kappa shape index (κ1) is 17.5. The second kappa shape index (κ2) is 8.66. The van der Waals surface area contributed by atoms with E-state index in [-0.39, 0.29) is 0 Å². The van der Waals surface area contributed by atoms with Crippen LogP contribution in [0.5, 0.6) is 0 Å². The molecule has 1 aromatic rings. The number of rotatable bonds is 7. The van der Waals surface area contributed by atoms with Gasteiger partial charge in [-0.2, -0.15) is 0 Å². The van der Waals surface area contributed by atoms with Crippen molar-refractivity contribution >= 4 is 0 Å². The molecule has 2 rings (SSSR count). The van der Waals surface area contributed by atoms with Crippen LogP contribution in [0.4, 0.5) is 0 Å². The number of benzene rings is 1.